The van der Waals surface area contributed by atoms with Crippen LogP contribution in [0.4, 0.5) is 0 Å². The zero-order chi connectivity index (χ0) is 8.13. The third-order valence-electron chi connectivity index (χ3n) is 3.47. The van der Waals surface area contributed by atoms with Gasteiger partial charge in [0.15, 0.2) is 0 Å². The predicted octanol–water partition coefficient (Wildman–Crippen LogP) is 0.787. The van der Waals surface area contributed by atoms with Crippen LogP contribution in [0.2, 0.25) is 0 Å². The van der Waals surface area contributed by atoms with E-state index in [1.54, 1.807) is 0 Å². The summed E-state index contributed by atoms with van der Waals surface area (Å²) in [6.45, 7) is 0. The van der Waals surface area contributed by atoms with Crippen LogP contribution in [-0.2, 0) is 6.42 Å². The lowest BCUT2D eigenvalue weighted by atomic mass is 9.83. The Labute approximate surface area is 71.3 Å². The fraction of sp³-hybridized carbons (Fsp3) is 0.667. The number of aromatic amines is 1. The van der Waals surface area contributed by atoms with Crippen LogP contribution >= 0.6 is 0 Å². The number of nitrogens with zero attached hydrogens (tertiary/aromatic N) is 1. The number of rotatable bonds is 0. The van der Waals surface area contributed by atoms with Gasteiger partial charge in [0.2, 0.25) is 0 Å². The van der Waals surface area contributed by atoms with E-state index in [4.69, 9.17) is 5.73 Å². The van der Waals surface area contributed by atoms with Crippen molar-refractivity contribution in [2.75, 3.05) is 0 Å². The quantitative estimate of drug-likeness (QED) is 0.594. The molecule has 64 valence electrons. The molecule has 0 aliphatic heterocycles. The fourth-order valence-electron chi connectivity index (χ4n) is 2.78. The number of nitrogens with one attached hydrogen (secondary N) is 1. The van der Waals surface area contributed by atoms with Gasteiger partial charge in [0, 0.05) is 17.7 Å². The Morgan fingerprint density at radius 3 is 3.33 bits per heavy atom. The Bertz CT molecular complexity index is 304. The molecule has 2 aliphatic carbocycles. The lowest BCUT2D eigenvalue weighted by molar-refractivity contribution is 0.430. The highest BCUT2D eigenvalue weighted by Gasteiger charge is 2.40. The number of aromatic nitrogens is 2. The van der Waals surface area contributed by atoms with Gasteiger partial charge in [-0.15, -0.1) is 0 Å². The molecule has 1 fully saturated rings. The minimum absolute atomic E-state index is 0.398. The van der Waals surface area contributed by atoms with Crippen molar-refractivity contribution in [1.29, 1.82) is 0 Å². The summed E-state index contributed by atoms with van der Waals surface area (Å²) < 4.78 is 0. The summed E-state index contributed by atoms with van der Waals surface area (Å²) in [4.78, 5) is 0. The van der Waals surface area contributed by atoms with E-state index >= 15 is 0 Å². The van der Waals surface area contributed by atoms with Crippen LogP contribution in [0.1, 0.15) is 30.0 Å². The highest BCUT2D eigenvalue weighted by atomic mass is 15.1. The van der Waals surface area contributed by atoms with Crippen LogP contribution in [-0.4, -0.2) is 16.2 Å². The molecule has 1 aromatic rings. The van der Waals surface area contributed by atoms with Crippen molar-refractivity contribution < 1.29 is 0 Å². The molecule has 0 aromatic carbocycles. The average molecular weight is 163 g/mol. The molecule has 3 atom stereocenters. The molecule has 3 heteroatoms. The van der Waals surface area contributed by atoms with E-state index in [1.165, 1.54) is 24.1 Å². The van der Waals surface area contributed by atoms with Crippen LogP contribution in [0, 0.1) is 5.92 Å². The first-order valence-corrected chi connectivity index (χ1v) is 4.64. The van der Waals surface area contributed by atoms with E-state index in [0.717, 1.165) is 6.42 Å². The second-order valence-corrected chi connectivity index (χ2v) is 4.03. The van der Waals surface area contributed by atoms with E-state index in [1.807, 2.05) is 6.20 Å². The maximum Gasteiger partial charge on any atom is 0.0525 e. The second kappa shape index (κ2) is 2.10. The summed E-state index contributed by atoms with van der Waals surface area (Å²) in [6, 6.07) is 0.398. The lowest BCUT2D eigenvalue weighted by Gasteiger charge is -2.25. The molecule has 2 aliphatic rings. The van der Waals surface area contributed by atoms with Gasteiger partial charge in [0.25, 0.3) is 0 Å². The number of hydrogen-bond acceptors (Lipinski definition) is 2. The topological polar surface area (TPSA) is 54.7 Å². The molecular formula is C9H13N3. The van der Waals surface area contributed by atoms with Crippen molar-refractivity contribution in [3.8, 4) is 0 Å². The summed E-state index contributed by atoms with van der Waals surface area (Å²) >= 11 is 0. The SMILES string of the molecule is N[C@H]1[C@H]2CC[C@H]1c1cn[nH]c1C2. The number of hydrogen-bond donors (Lipinski definition) is 2. The minimum Gasteiger partial charge on any atom is -0.327 e. The smallest absolute Gasteiger partial charge is 0.0525 e. The van der Waals surface area contributed by atoms with Gasteiger partial charge in [-0.2, -0.15) is 5.10 Å². The summed E-state index contributed by atoms with van der Waals surface area (Å²) in [5, 5.41) is 7.15. The van der Waals surface area contributed by atoms with Crippen molar-refractivity contribution in [3.05, 3.63) is 17.5 Å². The maximum absolute atomic E-state index is 6.12. The standard InChI is InChI=1S/C9H13N3/c10-9-5-1-2-6(9)7-4-11-12-8(7)3-5/h4-6,9H,1-3,10H2,(H,11,12)/t5-,6-,9-/m0/s1. The minimum atomic E-state index is 0.398. The first-order chi connectivity index (χ1) is 5.86. The molecule has 1 aromatic heterocycles. The zero-order valence-electron chi connectivity index (χ0n) is 6.96. The summed E-state index contributed by atoms with van der Waals surface area (Å²) in [7, 11) is 0. The molecule has 0 saturated heterocycles. The normalized spacial score (nSPS) is 38.2. The van der Waals surface area contributed by atoms with Crippen LogP contribution in [0.5, 0.6) is 0 Å². The Balaban J connectivity index is 2.12. The molecule has 0 amide bonds. The van der Waals surface area contributed by atoms with Crippen LogP contribution in [0.15, 0.2) is 6.20 Å². The average Bonchev–Trinajstić information content (AvgIpc) is 2.59. The summed E-state index contributed by atoms with van der Waals surface area (Å²) in [6.07, 6.45) is 5.64. The third kappa shape index (κ3) is 0.672. The summed E-state index contributed by atoms with van der Waals surface area (Å²) in [5.41, 5.74) is 8.84. The molecule has 0 spiro atoms. The molecule has 3 nitrogen and oxygen atoms in total. The molecule has 3 N–H and O–H groups in total. The first-order valence-electron chi connectivity index (χ1n) is 4.64. The number of nitrogens with two attached hydrogens (primary N) is 1. The Kier molecular flexibility index (Phi) is 1.17. The van der Waals surface area contributed by atoms with E-state index in [-0.39, 0.29) is 0 Å². The van der Waals surface area contributed by atoms with Gasteiger partial charge in [-0.3, -0.25) is 5.10 Å². The van der Waals surface area contributed by atoms with Gasteiger partial charge in [-0.25, -0.2) is 0 Å². The summed E-state index contributed by atoms with van der Waals surface area (Å²) in [5.74, 6) is 1.31. The molecular weight excluding hydrogens is 150 g/mol. The Morgan fingerprint density at radius 1 is 1.50 bits per heavy atom. The monoisotopic (exact) mass is 163 g/mol. The molecule has 0 unspecified atom stereocenters. The van der Waals surface area contributed by atoms with Gasteiger partial charge in [0.05, 0.1) is 6.20 Å². The van der Waals surface area contributed by atoms with Crippen molar-refractivity contribution in [2.24, 2.45) is 11.7 Å². The zero-order valence-corrected chi connectivity index (χ0v) is 6.96. The van der Waals surface area contributed by atoms with E-state index in [0.29, 0.717) is 17.9 Å². The van der Waals surface area contributed by atoms with Crippen LogP contribution in [0.25, 0.3) is 0 Å². The third-order valence-corrected chi connectivity index (χ3v) is 3.47. The molecule has 1 saturated carbocycles. The van der Waals surface area contributed by atoms with E-state index in [9.17, 15) is 0 Å². The Morgan fingerprint density at radius 2 is 2.42 bits per heavy atom. The van der Waals surface area contributed by atoms with Crippen LogP contribution in [0.3, 0.4) is 0 Å². The first kappa shape index (κ1) is 6.66. The van der Waals surface area contributed by atoms with Crippen molar-refractivity contribution in [1.82, 2.24) is 10.2 Å². The van der Waals surface area contributed by atoms with Gasteiger partial charge < -0.3 is 5.73 Å². The number of fused-ring (bicyclic) bond motifs is 4. The van der Waals surface area contributed by atoms with Gasteiger partial charge in [-0.1, -0.05) is 0 Å². The number of H-pyrrole nitrogens is 1. The highest BCUT2D eigenvalue weighted by Crippen LogP contribution is 2.44. The fourth-order valence-corrected chi connectivity index (χ4v) is 2.78. The van der Waals surface area contributed by atoms with Crippen molar-refractivity contribution in [3.63, 3.8) is 0 Å². The van der Waals surface area contributed by atoms with Crippen molar-refractivity contribution >= 4 is 0 Å². The van der Waals surface area contributed by atoms with E-state index < -0.39 is 0 Å². The van der Waals surface area contributed by atoms with E-state index in [2.05, 4.69) is 10.2 Å². The van der Waals surface area contributed by atoms with Gasteiger partial charge in [-0.05, 0) is 30.7 Å². The molecule has 3 rings (SSSR count). The lowest BCUT2D eigenvalue weighted by Crippen LogP contribution is -2.34. The molecule has 1 heterocycles. The largest absolute Gasteiger partial charge is 0.327 e. The molecule has 0 radical (unpaired) electrons. The molecule has 12 heavy (non-hydrogen) atoms. The van der Waals surface area contributed by atoms with Crippen molar-refractivity contribution in [2.45, 2.75) is 31.2 Å². The predicted molar refractivity (Wildman–Crippen MR) is 45.7 cm³/mol. The van der Waals surface area contributed by atoms with Gasteiger partial charge >= 0.3 is 0 Å². The van der Waals surface area contributed by atoms with Gasteiger partial charge in [0.1, 0.15) is 0 Å². The van der Waals surface area contributed by atoms with Crippen LogP contribution < -0.4 is 5.73 Å². The highest BCUT2D eigenvalue weighted by molar-refractivity contribution is 5.30. The molecule has 2 bridgehead atoms. The second-order valence-electron chi connectivity index (χ2n) is 4.03. The maximum atomic E-state index is 6.12. The Hall–Kier alpha value is -0.830.